The molecule has 0 bridgehead atoms. The smallest absolute Gasteiger partial charge is 0.155 e. The van der Waals surface area contributed by atoms with Gasteiger partial charge in [0.1, 0.15) is 0 Å². The molecule has 0 spiro atoms. The monoisotopic (exact) mass is 298 g/mol. The van der Waals surface area contributed by atoms with Crippen LogP contribution in [0.4, 0.5) is 0 Å². The van der Waals surface area contributed by atoms with E-state index in [1.807, 2.05) is 0 Å². The molecule has 6 heteroatoms. The molecule has 0 saturated carbocycles. The van der Waals surface area contributed by atoms with Gasteiger partial charge in [0.15, 0.2) is 22.2 Å². The Balaban J connectivity index is 3.26. The van der Waals surface area contributed by atoms with E-state index in [4.69, 9.17) is 9.11 Å². The molecule has 2 N–H and O–H groups in total. The first-order valence-electron chi connectivity index (χ1n) is 6.64. The van der Waals surface area contributed by atoms with Crippen LogP contribution in [-0.4, -0.2) is 28.0 Å². The Morgan fingerprint density at radius 2 is 1.00 bits per heavy atom. The maximum atomic E-state index is 10.7. The van der Waals surface area contributed by atoms with Crippen molar-refractivity contribution in [3.05, 3.63) is 0 Å². The third kappa shape index (κ3) is 10.2. The van der Waals surface area contributed by atoms with Crippen molar-refractivity contribution in [2.75, 3.05) is 0 Å². The molecule has 0 heterocycles. The van der Waals surface area contributed by atoms with Crippen molar-refractivity contribution in [2.45, 2.75) is 75.7 Å². The summed E-state index contributed by atoms with van der Waals surface area (Å²) in [5.41, 5.74) is 0. The van der Waals surface area contributed by atoms with Gasteiger partial charge in [0, 0.05) is 0 Å². The lowest BCUT2D eigenvalue weighted by molar-refractivity contribution is 0.521. The topological polar surface area (TPSA) is 74.6 Å². The van der Waals surface area contributed by atoms with Crippen LogP contribution in [0.25, 0.3) is 0 Å². The van der Waals surface area contributed by atoms with Crippen molar-refractivity contribution in [1.82, 2.24) is 0 Å². The van der Waals surface area contributed by atoms with Crippen molar-refractivity contribution in [3.63, 3.8) is 0 Å². The predicted octanol–water partition coefficient (Wildman–Crippen LogP) is 3.33. The van der Waals surface area contributed by atoms with Crippen LogP contribution in [0, 0.1) is 0 Å². The summed E-state index contributed by atoms with van der Waals surface area (Å²) in [7, 11) is 0. The van der Waals surface area contributed by atoms with Crippen LogP contribution in [0.15, 0.2) is 0 Å². The summed E-state index contributed by atoms with van der Waals surface area (Å²) in [6, 6.07) is 0. The van der Waals surface area contributed by atoms with Crippen LogP contribution in [0.3, 0.4) is 0 Å². The molecule has 0 aliphatic carbocycles. The molecule has 0 radical (unpaired) electrons. The molecule has 0 aromatic heterocycles. The Morgan fingerprint density at radius 1 is 0.722 bits per heavy atom. The minimum Gasteiger partial charge on any atom is -0.306 e. The maximum Gasteiger partial charge on any atom is 0.155 e. The highest BCUT2D eigenvalue weighted by Gasteiger charge is 2.08. The predicted molar refractivity (Wildman–Crippen MR) is 77.4 cm³/mol. The first-order chi connectivity index (χ1) is 8.45. The van der Waals surface area contributed by atoms with E-state index in [1.54, 1.807) is 13.8 Å². The second-order valence-electron chi connectivity index (χ2n) is 4.87. The maximum absolute atomic E-state index is 10.7. The summed E-state index contributed by atoms with van der Waals surface area (Å²) in [6.07, 6.45) is 8.11. The van der Waals surface area contributed by atoms with Crippen molar-refractivity contribution in [2.24, 2.45) is 0 Å². The number of hydrogen-bond acceptors (Lipinski definition) is 2. The lowest BCUT2D eigenvalue weighted by Crippen LogP contribution is -2.09. The van der Waals surface area contributed by atoms with Gasteiger partial charge >= 0.3 is 0 Å². The fraction of sp³-hybridized carbons (Fsp3) is 1.00. The summed E-state index contributed by atoms with van der Waals surface area (Å²) >= 11 is -3.37. The van der Waals surface area contributed by atoms with Crippen LogP contribution < -0.4 is 0 Å². The fourth-order valence-corrected chi connectivity index (χ4v) is 2.51. The van der Waals surface area contributed by atoms with E-state index in [2.05, 4.69) is 0 Å². The van der Waals surface area contributed by atoms with Gasteiger partial charge < -0.3 is 9.11 Å². The van der Waals surface area contributed by atoms with Crippen molar-refractivity contribution in [3.8, 4) is 0 Å². The van der Waals surface area contributed by atoms with Crippen molar-refractivity contribution >= 4 is 22.2 Å². The van der Waals surface area contributed by atoms with Gasteiger partial charge in [-0.2, -0.15) is 0 Å². The standard InChI is InChI=1S/C12H26O4S2/c1-11(17(13)14)9-7-5-3-4-6-8-10-12(2)18(15)16/h11-12H,3-10H2,1-2H3,(H,13,14)(H,15,16). The quantitative estimate of drug-likeness (QED) is 0.453. The molecule has 4 nitrogen and oxygen atoms in total. The molecule has 0 rings (SSSR count). The van der Waals surface area contributed by atoms with Crippen LogP contribution in [0.2, 0.25) is 0 Å². The van der Waals surface area contributed by atoms with Crippen LogP contribution in [-0.2, 0) is 22.2 Å². The SMILES string of the molecule is CC(CCCCCCCCC(C)S(=O)O)S(=O)O. The minimum absolute atomic E-state index is 0.120. The zero-order valence-corrected chi connectivity index (χ0v) is 13.0. The van der Waals surface area contributed by atoms with E-state index >= 15 is 0 Å². The molecule has 18 heavy (non-hydrogen) atoms. The highest BCUT2D eigenvalue weighted by atomic mass is 32.2. The van der Waals surface area contributed by atoms with Gasteiger partial charge in [-0.05, 0) is 26.7 Å². The molecule has 0 saturated heterocycles. The first-order valence-corrected chi connectivity index (χ1v) is 8.98. The fourth-order valence-electron chi connectivity index (χ4n) is 1.77. The van der Waals surface area contributed by atoms with E-state index < -0.39 is 22.2 Å². The van der Waals surface area contributed by atoms with Crippen molar-refractivity contribution in [1.29, 1.82) is 0 Å². The Kier molecular flexibility index (Phi) is 11.2. The zero-order chi connectivity index (χ0) is 14.0. The van der Waals surface area contributed by atoms with Gasteiger partial charge in [0.05, 0.1) is 10.5 Å². The molecule has 0 amide bonds. The minimum atomic E-state index is -1.68. The number of rotatable bonds is 11. The van der Waals surface area contributed by atoms with Gasteiger partial charge in [-0.1, -0.05) is 38.5 Å². The molecule has 0 aliphatic rings. The third-order valence-corrected chi connectivity index (χ3v) is 5.01. The Hall–Kier alpha value is 0.220. The average molecular weight is 298 g/mol. The number of hydrogen-bond donors (Lipinski definition) is 2. The summed E-state index contributed by atoms with van der Waals surface area (Å²) in [6.45, 7) is 3.60. The lowest BCUT2D eigenvalue weighted by Gasteiger charge is -2.07. The largest absolute Gasteiger partial charge is 0.306 e. The van der Waals surface area contributed by atoms with Gasteiger partial charge in [-0.15, -0.1) is 0 Å². The Bertz CT molecular complexity index is 232. The first kappa shape index (κ1) is 18.2. The highest BCUT2D eigenvalue weighted by Crippen LogP contribution is 2.13. The average Bonchev–Trinajstić information content (AvgIpc) is 2.31. The highest BCUT2D eigenvalue weighted by molar-refractivity contribution is 7.80. The van der Waals surface area contributed by atoms with E-state index in [1.165, 1.54) is 0 Å². The molecular formula is C12H26O4S2. The molecule has 4 unspecified atom stereocenters. The normalized spacial score (nSPS) is 18.2. The second kappa shape index (κ2) is 11.1. The Morgan fingerprint density at radius 3 is 1.28 bits per heavy atom. The molecule has 0 aromatic rings. The molecular weight excluding hydrogens is 272 g/mol. The van der Waals surface area contributed by atoms with E-state index in [0.717, 1.165) is 51.4 Å². The van der Waals surface area contributed by atoms with Gasteiger partial charge in [0.25, 0.3) is 0 Å². The molecule has 0 aromatic carbocycles. The van der Waals surface area contributed by atoms with Gasteiger partial charge in [-0.3, -0.25) is 0 Å². The van der Waals surface area contributed by atoms with E-state index in [9.17, 15) is 8.42 Å². The van der Waals surface area contributed by atoms with Crippen LogP contribution in [0.1, 0.15) is 65.2 Å². The zero-order valence-electron chi connectivity index (χ0n) is 11.3. The molecule has 4 atom stereocenters. The van der Waals surface area contributed by atoms with Gasteiger partial charge in [0.2, 0.25) is 0 Å². The molecule has 0 aliphatic heterocycles. The third-order valence-electron chi connectivity index (χ3n) is 3.16. The molecule has 110 valence electrons. The lowest BCUT2D eigenvalue weighted by atomic mass is 10.1. The summed E-state index contributed by atoms with van der Waals surface area (Å²) < 4.78 is 39.0. The molecule has 0 fully saturated rings. The van der Waals surface area contributed by atoms with Crippen molar-refractivity contribution < 1.29 is 17.5 Å². The van der Waals surface area contributed by atoms with Crippen LogP contribution in [0.5, 0.6) is 0 Å². The number of unbranched alkanes of at least 4 members (excludes halogenated alkanes) is 5. The summed E-state index contributed by atoms with van der Waals surface area (Å²) in [5, 5.41) is -0.240. The summed E-state index contributed by atoms with van der Waals surface area (Å²) in [5.74, 6) is 0. The summed E-state index contributed by atoms with van der Waals surface area (Å²) in [4.78, 5) is 0. The Labute approximate surface area is 116 Å². The van der Waals surface area contributed by atoms with Crippen LogP contribution >= 0.6 is 0 Å². The van der Waals surface area contributed by atoms with E-state index in [-0.39, 0.29) is 10.5 Å². The second-order valence-corrected chi connectivity index (χ2v) is 7.59. The van der Waals surface area contributed by atoms with Gasteiger partial charge in [-0.25, -0.2) is 8.42 Å². The van der Waals surface area contributed by atoms with E-state index in [0.29, 0.717) is 0 Å².